The molecule has 0 aliphatic heterocycles. The van der Waals surface area contributed by atoms with E-state index in [2.05, 4.69) is 39.6 Å². The third-order valence-corrected chi connectivity index (χ3v) is 6.64. The first kappa shape index (κ1) is 22.1. The first-order valence-corrected chi connectivity index (χ1v) is 12.5. The predicted octanol–water partition coefficient (Wildman–Crippen LogP) is 6.38. The van der Waals surface area contributed by atoms with Gasteiger partial charge >= 0.3 is 0 Å². The van der Waals surface area contributed by atoms with E-state index < -0.39 is 0 Å². The van der Waals surface area contributed by atoms with Gasteiger partial charge in [-0.1, -0.05) is 95.8 Å². The minimum absolute atomic E-state index is 0.117. The summed E-state index contributed by atoms with van der Waals surface area (Å²) in [5.41, 5.74) is 3.15. The maximum Gasteiger partial charge on any atom is 0.237 e. The zero-order chi connectivity index (χ0) is 24.2. The van der Waals surface area contributed by atoms with Crippen LogP contribution in [0.25, 0.3) is 17.3 Å². The van der Waals surface area contributed by atoms with Crippen molar-refractivity contribution < 1.29 is 8.94 Å². The summed E-state index contributed by atoms with van der Waals surface area (Å²) in [5.74, 6) is 2.76. The van der Waals surface area contributed by atoms with Gasteiger partial charge in [0.15, 0.2) is 16.7 Å². The van der Waals surface area contributed by atoms with Crippen LogP contribution in [0, 0.1) is 0 Å². The standard InChI is InChI=1S/C28H21N5O2S/c1-4-11-20(12-5-1)25(21-13-6-2-7-14-21)26-29-24(35-32-26)19-36-28-31-30-27(23-17-10-18-34-23)33(28)22-15-8-3-9-16-22/h1-18,25H,19H2. The normalized spacial score (nSPS) is 11.2. The van der Waals surface area contributed by atoms with Crippen LogP contribution >= 0.6 is 11.8 Å². The summed E-state index contributed by atoms with van der Waals surface area (Å²) in [5, 5.41) is 13.9. The number of nitrogens with zero attached hydrogens (tertiary/aromatic N) is 5. The molecule has 0 N–H and O–H groups in total. The van der Waals surface area contributed by atoms with E-state index in [0.29, 0.717) is 34.2 Å². The van der Waals surface area contributed by atoms with E-state index in [-0.39, 0.29) is 5.92 Å². The Kier molecular flexibility index (Phi) is 6.16. The fraction of sp³-hybridized carbons (Fsp3) is 0.0714. The van der Waals surface area contributed by atoms with Gasteiger partial charge in [0.1, 0.15) is 0 Å². The Hall–Kier alpha value is -4.43. The first-order valence-electron chi connectivity index (χ1n) is 11.5. The number of benzene rings is 3. The molecule has 3 heterocycles. The first-order chi connectivity index (χ1) is 17.9. The molecule has 0 amide bonds. The lowest BCUT2D eigenvalue weighted by Gasteiger charge is -2.14. The van der Waals surface area contributed by atoms with Crippen LogP contribution in [0.15, 0.2) is 123 Å². The third kappa shape index (κ3) is 4.46. The van der Waals surface area contributed by atoms with E-state index in [1.807, 2.05) is 83.4 Å². The molecule has 0 spiro atoms. The van der Waals surface area contributed by atoms with Crippen molar-refractivity contribution in [3.63, 3.8) is 0 Å². The van der Waals surface area contributed by atoms with Crippen molar-refractivity contribution in [3.8, 4) is 17.3 Å². The lowest BCUT2D eigenvalue weighted by atomic mass is 9.91. The van der Waals surface area contributed by atoms with E-state index in [1.165, 1.54) is 11.8 Å². The highest BCUT2D eigenvalue weighted by Gasteiger charge is 2.23. The minimum Gasteiger partial charge on any atom is -0.461 e. The Morgan fingerprint density at radius 3 is 2.06 bits per heavy atom. The molecule has 6 aromatic rings. The number of hydrogen-bond donors (Lipinski definition) is 0. The molecule has 3 aromatic carbocycles. The third-order valence-electron chi connectivity index (χ3n) is 5.72. The molecule has 7 nitrogen and oxygen atoms in total. The molecule has 0 bridgehead atoms. The van der Waals surface area contributed by atoms with Crippen molar-refractivity contribution in [2.75, 3.05) is 0 Å². The van der Waals surface area contributed by atoms with Crippen molar-refractivity contribution in [2.24, 2.45) is 0 Å². The smallest absolute Gasteiger partial charge is 0.237 e. The highest BCUT2D eigenvalue weighted by molar-refractivity contribution is 7.98. The van der Waals surface area contributed by atoms with Gasteiger partial charge in [0, 0.05) is 5.69 Å². The second-order valence-electron chi connectivity index (χ2n) is 8.04. The summed E-state index contributed by atoms with van der Waals surface area (Å²) < 4.78 is 13.2. The van der Waals surface area contributed by atoms with Crippen LogP contribution in [0.3, 0.4) is 0 Å². The van der Waals surface area contributed by atoms with Crippen molar-refractivity contribution in [3.05, 3.63) is 132 Å². The Morgan fingerprint density at radius 1 is 0.750 bits per heavy atom. The SMILES string of the molecule is c1ccc(C(c2ccccc2)c2noc(CSc3nnc(-c4ccco4)n3-c3ccccc3)n2)cc1. The maximum atomic E-state index is 5.68. The molecule has 0 saturated carbocycles. The van der Waals surface area contributed by atoms with Crippen LogP contribution in [0.1, 0.15) is 28.8 Å². The summed E-state index contributed by atoms with van der Waals surface area (Å²) in [4.78, 5) is 4.76. The molecule has 8 heteroatoms. The molecule has 0 radical (unpaired) electrons. The van der Waals surface area contributed by atoms with Gasteiger partial charge in [-0.3, -0.25) is 4.57 Å². The van der Waals surface area contributed by atoms with Crippen LogP contribution in [0.5, 0.6) is 0 Å². The lowest BCUT2D eigenvalue weighted by molar-refractivity contribution is 0.384. The summed E-state index contributed by atoms with van der Waals surface area (Å²) in [6.07, 6.45) is 1.63. The molecular weight excluding hydrogens is 470 g/mol. The maximum absolute atomic E-state index is 5.68. The van der Waals surface area contributed by atoms with Crippen LogP contribution in [-0.2, 0) is 5.75 Å². The fourth-order valence-electron chi connectivity index (χ4n) is 4.09. The van der Waals surface area contributed by atoms with Crippen LogP contribution in [-0.4, -0.2) is 24.9 Å². The van der Waals surface area contributed by atoms with Gasteiger partial charge in [0.25, 0.3) is 0 Å². The van der Waals surface area contributed by atoms with Gasteiger partial charge in [-0.25, -0.2) is 0 Å². The Balaban J connectivity index is 1.29. The average molecular weight is 492 g/mol. The summed E-state index contributed by atoms with van der Waals surface area (Å²) in [6.45, 7) is 0. The summed E-state index contributed by atoms with van der Waals surface area (Å²) >= 11 is 1.48. The van der Waals surface area contributed by atoms with Gasteiger partial charge in [-0.05, 0) is 35.4 Å². The monoisotopic (exact) mass is 491 g/mol. The van der Waals surface area contributed by atoms with Crippen molar-refractivity contribution in [2.45, 2.75) is 16.8 Å². The molecule has 176 valence electrons. The van der Waals surface area contributed by atoms with Gasteiger partial charge in [-0.15, -0.1) is 10.2 Å². The zero-order valence-corrected chi connectivity index (χ0v) is 20.0. The fourth-order valence-corrected chi connectivity index (χ4v) is 4.88. The number of thioether (sulfide) groups is 1. The lowest BCUT2D eigenvalue weighted by Crippen LogP contribution is -2.05. The van der Waals surface area contributed by atoms with Crippen molar-refractivity contribution in [1.82, 2.24) is 24.9 Å². The molecule has 0 atom stereocenters. The van der Waals surface area contributed by atoms with Crippen molar-refractivity contribution in [1.29, 1.82) is 0 Å². The number of aromatic nitrogens is 5. The Bertz CT molecular complexity index is 1490. The number of para-hydroxylation sites is 1. The van der Waals surface area contributed by atoms with Crippen LogP contribution < -0.4 is 0 Å². The number of hydrogen-bond acceptors (Lipinski definition) is 7. The van der Waals surface area contributed by atoms with E-state index in [0.717, 1.165) is 16.8 Å². The number of rotatable bonds is 8. The van der Waals surface area contributed by atoms with E-state index in [4.69, 9.17) is 13.9 Å². The van der Waals surface area contributed by atoms with E-state index in [1.54, 1.807) is 6.26 Å². The molecule has 36 heavy (non-hydrogen) atoms. The van der Waals surface area contributed by atoms with Crippen LogP contribution in [0.2, 0.25) is 0 Å². The molecule has 0 unspecified atom stereocenters. The van der Waals surface area contributed by atoms with Gasteiger partial charge in [-0.2, -0.15) is 4.98 Å². The molecule has 0 saturated heterocycles. The highest BCUT2D eigenvalue weighted by atomic mass is 32.2. The zero-order valence-electron chi connectivity index (χ0n) is 19.1. The van der Waals surface area contributed by atoms with Gasteiger partial charge in [0.05, 0.1) is 17.9 Å². The summed E-state index contributed by atoms with van der Waals surface area (Å²) in [7, 11) is 0. The minimum atomic E-state index is -0.117. The van der Waals surface area contributed by atoms with Gasteiger partial charge < -0.3 is 8.94 Å². The van der Waals surface area contributed by atoms with E-state index >= 15 is 0 Å². The summed E-state index contributed by atoms with van der Waals surface area (Å²) in [6, 6.07) is 34.1. The largest absolute Gasteiger partial charge is 0.461 e. The topological polar surface area (TPSA) is 82.8 Å². The number of furan rings is 1. The highest BCUT2D eigenvalue weighted by Crippen LogP contribution is 2.32. The molecule has 0 aliphatic carbocycles. The van der Waals surface area contributed by atoms with Crippen molar-refractivity contribution >= 4 is 11.8 Å². The second-order valence-corrected chi connectivity index (χ2v) is 8.99. The van der Waals surface area contributed by atoms with Crippen LogP contribution in [0.4, 0.5) is 0 Å². The van der Waals surface area contributed by atoms with E-state index in [9.17, 15) is 0 Å². The predicted molar refractivity (Wildman–Crippen MR) is 137 cm³/mol. The second kappa shape index (κ2) is 10.1. The Morgan fingerprint density at radius 2 is 1.42 bits per heavy atom. The average Bonchev–Trinajstić information content (AvgIpc) is 3.71. The molecule has 0 fully saturated rings. The van der Waals surface area contributed by atoms with Gasteiger partial charge in [0.2, 0.25) is 11.7 Å². The quantitative estimate of drug-likeness (QED) is 0.228. The molecule has 6 rings (SSSR count). The molecule has 0 aliphatic rings. The molecular formula is C28H21N5O2S. The Labute approximate surface area is 211 Å². The molecule has 3 aromatic heterocycles.